The summed E-state index contributed by atoms with van der Waals surface area (Å²) in [7, 11) is 0. The number of para-hydroxylation sites is 2. The van der Waals surface area contributed by atoms with Gasteiger partial charge in [-0.05, 0) is 81.6 Å². The summed E-state index contributed by atoms with van der Waals surface area (Å²) in [6.07, 6.45) is 1.91. The minimum absolute atomic E-state index is 0.554. The van der Waals surface area contributed by atoms with Crippen LogP contribution in [0, 0.1) is 0 Å². The zero-order chi connectivity index (χ0) is 33.7. The topological polar surface area (TPSA) is 55.3 Å². The second kappa shape index (κ2) is 11.9. The highest BCUT2D eigenvalue weighted by Crippen LogP contribution is 2.42. The minimum Gasteiger partial charge on any atom is -0.456 e. The first-order valence-corrected chi connectivity index (χ1v) is 17.0. The molecule has 0 bridgehead atoms. The van der Waals surface area contributed by atoms with Crippen molar-refractivity contribution in [2.75, 3.05) is 4.90 Å². The molecule has 5 heteroatoms. The smallest absolute Gasteiger partial charge is 0.228 e. The van der Waals surface area contributed by atoms with Gasteiger partial charge in [0.25, 0.3) is 0 Å². The molecule has 240 valence electrons. The molecule has 10 aromatic rings. The van der Waals surface area contributed by atoms with Gasteiger partial charge >= 0.3 is 0 Å². The maximum atomic E-state index is 6.55. The summed E-state index contributed by atoms with van der Waals surface area (Å²) in [4.78, 5) is 12.1. The van der Waals surface area contributed by atoms with Gasteiger partial charge in [-0.2, -0.15) is 0 Å². The van der Waals surface area contributed by atoms with Crippen LogP contribution in [0.4, 0.5) is 17.2 Å². The molecule has 0 aliphatic carbocycles. The molecule has 0 N–H and O–H groups in total. The van der Waals surface area contributed by atoms with Crippen molar-refractivity contribution >= 4 is 61.0 Å². The van der Waals surface area contributed by atoms with Crippen molar-refractivity contribution in [3.63, 3.8) is 0 Å². The molecule has 3 aromatic heterocycles. The van der Waals surface area contributed by atoms with Crippen molar-refractivity contribution in [2.24, 2.45) is 0 Å². The summed E-state index contributed by atoms with van der Waals surface area (Å²) in [5, 5.41) is 4.25. The van der Waals surface area contributed by atoms with E-state index in [0.29, 0.717) is 5.89 Å². The Hall–Kier alpha value is -6.98. The Labute approximate surface area is 293 Å². The lowest BCUT2D eigenvalue weighted by atomic mass is 9.97. The van der Waals surface area contributed by atoms with E-state index in [1.54, 1.807) is 0 Å². The molecule has 0 radical (unpaired) electrons. The molecule has 0 fully saturated rings. The number of furan rings is 1. The Morgan fingerprint density at radius 2 is 1.12 bits per heavy atom. The van der Waals surface area contributed by atoms with Crippen LogP contribution >= 0.6 is 0 Å². The quantitative estimate of drug-likeness (QED) is 0.178. The van der Waals surface area contributed by atoms with E-state index in [0.717, 1.165) is 72.5 Å². The molecule has 0 aliphatic rings. The number of oxazole rings is 1. The fraction of sp³-hybridized carbons (Fsp3) is 0. The average Bonchev–Trinajstić information content (AvgIpc) is 3.80. The van der Waals surface area contributed by atoms with Gasteiger partial charge in [-0.25, -0.2) is 9.97 Å². The fourth-order valence-electron chi connectivity index (χ4n) is 7.16. The van der Waals surface area contributed by atoms with E-state index < -0.39 is 0 Å². The molecule has 0 saturated carbocycles. The number of hydrogen-bond donors (Lipinski definition) is 0. The molecule has 10 rings (SSSR count). The predicted molar refractivity (Wildman–Crippen MR) is 208 cm³/mol. The third-order valence-electron chi connectivity index (χ3n) is 9.54. The minimum atomic E-state index is 0.554. The SMILES string of the molecule is c1ccc(-c2cccc(N(c3cccc(-c4cccc5ccccc45)c3)c3cc4oc5cccc(-c6nc7ccccc7o6)c5c4cn3)c2)cc1. The van der Waals surface area contributed by atoms with E-state index >= 15 is 0 Å². The number of rotatable bonds is 6. The van der Waals surface area contributed by atoms with Crippen molar-refractivity contribution in [3.05, 3.63) is 176 Å². The number of anilines is 3. The zero-order valence-corrected chi connectivity index (χ0v) is 27.4. The Morgan fingerprint density at radius 1 is 0.451 bits per heavy atom. The van der Waals surface area contributed by atoms with Gasteiger partial charge in [0.15, 0.2) is 5.58 Å². The second-order valence-electron chi connectivity index (χ2n) is 12.6. The largest absolute Gasteiger partial charge is 0.456 e. The third kappa shape index (κ3) is 5.03. The monoisotopic (exact) mass is 655 g/mol. The first-order valence-electron chi connectivity index (χ1n) is 17.0. The predicted octanol–water partition coefficient (Wildman–Crippen LogP) is 12.7. The standard InChI is InChI=1S/C46H29N3O2/c1-2-12-30(13-3-1)32-16-8-18-34(26-32)49(35-19-9-17-33(27-35)37-21-10-15-31-14-4-5-20-36(31)37)44-28-43-39(29-47-44)45-38(22-11-25-42(45)50-43)46-48-40-23-6-7-24-41(40)51-46/h1-29H. The van der Waals surface area contributed by atoms with Crippen LogP contribution in [0.5, 0.6) is 0 Å². The molecule has 0 spiro atoms. The maximum Gasteiger partial charge on any atom is 0.228 e. The van der Waals surface area contributed by atoms with Crippen LogP contribution in [0.15, 0.2) is 185 Å². The molecule has 0 amide bonds. The van der Waals surface area contributed by atoms with Gasteiger partial charge in [0.05, 0.1) is 0 Å². The molecule has 51 heavy (non-hydrogen) atoms. The Balaban J connectivity index is 1.15. The molecule has 7 aromatic carbocycles. The van der Waals surface area contributed by atoms with E-state index in [2.05, 4.69) is 120 Å². The van der Waals surface area contributed by atoms with E-state index in [4.69, 9.17) is 18.8 Å². The summed E-state index contributed by atoms with van der Waals surface area (Å²) in [5.41, 5.74) is 10.5. The van der Waals surface area contributed by atoms with Gasteiger partial charge in [0.2, 0.25) is 5.89 Å². The van der Waals surface area contributed by atoms with E-state index in [9.17, 15) is 0 Å². The molecular formula is C46H29N3O2. The zero-order valence-electron chi connectivity index (χ0n) is 27.4. The lowest BCUT2D eigenvalue weighted by molar-refractivity contribution is 0.620. The molecule has 0 saturated heterocycles. The van der Waals surface area contributed by atoms with Gasteiger partial charge in [0.1, 0.15) is 22.5 Å². The highest BCUT2D eigenvalue weighted by Gasteiger charge is 2.21. The van der Waals surface area contributed by atoms with E-state index in [1.165, 1.54) is 16.3 Å². The van der Waals surface area contributed by atoms with Gasteiger partial charge < -0.3 is 8.83 Å². The second-order valence-corrected chi connectivity index (χ2v) is 12.6. The molecule has 0 unspecified atom stereocenters. The Kier molecular flexibility index (Phi) is 6.74. The Morgan fingerprint density at radius 3 is 2.00 bits per heavy atom. The lowest BCUT2D eigenvalue weighted by Gasteiger charge is -2.25. The van der Waals surface area contributed by atoms with E-state index in [1.807, 2.05) is 60.8 Å². The normalized spacial score (nSPS) is 11.5. The van der Waals surface area contributed by atoms with Gasteiger partial charge in [-0.15, -0.1) is 0 Å². The van der Waals surface area contributed by atoms with Crippen LogP contribution in [0.25, 0.3) is 77.5 Å². The Bertz CT molecular complexity index is 2850. The first-order chi connectivity index (χ1) is 25.3. The maximum absolute atomic E-state index is 6.55. The highest BCUT2D eigenvalue weighted by molar-refractivity contribution is 6.12. The molecule has 0 atom stereocenters. The molecular weight excluding hydrogens is 627 g/mol. The van der Waals surface area contributed by atoms with Crippen LogP contribution < -0.4 is 4.90 Å². The summed E-state index contributed by atoms with van der Waals surface area (Å²) in [5.74, 6) is 1.29. The molecule has 5 nitrogen and oxygen atoms in total. The van der Waals surface area contributed by atoms with Crippen molar-refractivity contribution < 1.29 is 8.83 Å². The van der Waals surface area contributed by atoms with Crippen LogP contribution in [-0.4, -0.2) is 9.97 Å². The van der Waals surface area contributed by atoms with Gasteiger partial charge in [0, 0.05) is 40.0 Å². The lowest BCUT2D eigenvalue weighted by Crippen LogP contribution is -2.11. The number of pyridine rings is 1. The average molecular weight is 656 g/mol. The van der Waals surface area contributed by atoms with Crippen LogP contribution in [0.3, 0.4) is 0 Å². The van der Waals surface area contributed by atoms with Gasteiger partial charge in [-0.1, -0.05) is 115 Å². The fourth-order valence-corrected chi connectivity index (χ4v) is 7.16. The number of aromatic nitrogens is 2. The van der Waals surface area contributed by atoms with Gasteiger partial charge in [-0.3, -0.25) is 4.90 Å². The summed E-state index contributed by atoms with van der Waals surface area (Å²) in [6.45, 7) is 0. The number of fused-ring (bicyclic) bond motifs is 5. The van der Waals surface area contributed by atoms with Crippen molar-refractivity contribution in [1.82, 2.24) is 9.97 Å². The van der Waals surface area contributed by atoms with Crippen molar-refractivity contribution in [1.29, 1.82) is 0 Å². The summed E-state index contributed by atoms with van der Waals surface area (Å²) >= 11 is 0. The van der Waals surface area contributed by atoms with Crippen molar-refractivity contribution in [2.45, 2.75) is 0 Å². The molecule has 0 aliphatic heterocycles. The number of hydrogen-bond acceptors (Lipinski definition) is 5. The van der Waals surface area contributed by atoms with Crippen LogP contribution in [0.1, 0.15) is 0 Å². The van der Waals surface area contributed by atoms with E-state index in [-0.39, 0.29) is 0 Å². The number of benzene rings is 7. The highest BCUT2D eigenvalue weighted by atomic mass is 16.3. The van der Waals surface area contributed by atoms with Crippen LogP contribution in [-0.2, 0) is 0 Å². The summed E-state index contributed by atoms with van der Waals surface area (Å²) < 4.78 is 12.7. The number of nitrogens with zero attached hydrogens (tertiary/aromatic N) is 3. The third-order valence-corrected chi connectivity index (χ3v) is 9.54. The molecule has 3 heterocycles. The first kappa shape index (κ1) is 29.0. The summed E-state index contributed by atoms with van der Waals surface area (Å²) in [6, 6.07) is 58.5. The van der Waals surface area contributed by atoms with Crippen molar-refractivity contribution in [3.8, 4) is 33.7 Å². The van der Waals surface area contributed by atoms with Crippen LogP contribution in [0.2, 0.25) is 0 Å².